The van der Waals surface area contributed by atoms with Gasteiger partial charge in [0.25, 0.3) is 0 Å². The number of carboxylic acid groups (broad SMARTS) is 1. The number of fused-ring (bicyclic) bond motifs is 1. The van der Waals surface area contributed by atoms with Gasteiger partial charge in [0.2, 0.25) is 0 Å². The summed E-state index contributed by atoms with van der Waals surface area (Å²) in [7, 11) is 0. The average molecular weight is 600 g/mol. The van der Waals surface area contributed by atoms with Crippen LogP contribution >= 0.6 is 0 Å². The van der Waals surface area contributed by atoms with E-state index in [-0.39, 0.29) is 48.8 Å². The molecule has 2 aliphatic rings. The number of amides is 2. The molecular weight excluding hydrogens is 557 g/mol. The number of carbonyl (C=O) groups is 3. The molecule has 1 fully saturated rings. The monoisotopic (exact) mass is 599 g/mol. The summed E-state index contributed by atoms with van der Waals surface area (Å²) in [6, 6.07) is 9.98. The van der Waals surface area contributed by atoms with Crippen LogP contribution in [0.5, 0.6) is 5.75 Å². The molecule has 2 amide bonds. The van der Waals surface area contributed by atoms with E-state index in [1.165, 1.54) is 11.0 Å². The van der Waals surface area contributed by atoms with Crippen molar-refractivity contribution in [2.75, 3.05) is 29.9 Å². The fourth-order valence-corrected chi connectivity index (χ4v) is 4.96. The summed E-state index contributed by atoms with van der Waals surface area (Å²) in [5.74, 6) is -0.922. The van der Waals surface area contributed by atoms with Crippen LogP contribution in [0.15, 0.2) is 36.4 Å². The maximum atomic E-state index is 16.3. The summed E-state index contributed by atoms with van der Waals surface area (Å²) in [4.78, 5) is 40.7. The van der Waals surface area contributed by atoms with Gasteiger partial charge >= 0.3 is 18.2 Å². The van der Waals surface area contributed by atoms with E-state index in [4.69, 9.17) is 14.2 Å². The summed E-state index contributed by atoms with van der Waals surface area (Å²) >= 11 is 0. The van der Waals surface area contributed by atoms with Crippen molar-refractivity contribution in [1.29, 1.82) is 0 Å². The van der Waals surface area contributed by atoms with E-state index in [1.807, 2.05) is 30.3 Å². The summed E-state index contributed by atoms with van der Waals surface area (Å²) < 4.78 is 33.3. The molecule has 10 nitrogen and oxygen atoms in total. The quantitative estimate of drug-likeness (QED) is 0.310. The molecule has 11 heteroatoms. The van der Waals surface area contributed by atoms with Crippen LogP contribution in [0.3, 0.4) is 0 Å². The highest BCUT2D eigenvalue weighted by Crippen LogP contribution is 2.43. The van der Waals surface area contributed by atoms with Crippen molar-refractivity contribution in [3.05, 3.63) is 53.3 Å². The van der Waals surface area contributed by atoms with Crippen LogP contribution in [-0.4, -0.2) is 65.0 Å². The van der Waals surface area contributed by atoms with Gasteiger partial charge in [0.1, 0.15) is 35.8 Å². The first kappa shape index (κ1) is 31.9. The molecule has 2 N–H and O–H groups in total. The Labute approximate surface area is 252 Å². The van der Waals surface area contributed by atoms with Gasteiger partial charge in [-0.15, -0.1) is 0 Å². The fourth-order valence-electron chi connectivity index (χ4n) is 4.96. The van der Waals surface area contributed by atoms with Crippen LogP contribution in [0.2, 0.25) is 0 Å². The first-order valence-corrected chi connectivity index (χ1v) is 14.6. The molecule has 2 aromatic rings. The second-order valence-electron chi connectivity index (χ2n) is 13.1. The Hall–Kier alpha value is -4.02. The molecule has 1 saturated carbocycles. The van der Waals surface area contributed by atoms with Crippen LogP contribution in [-0.2, 0) is 27.3 Å². The molecule has 1 atom stereocenters. The molecule has 0 saturated heterocycles. The number of anilines is 2. The molecular formula is C32H42FN3O7. The summed E-state index contributed by atoms with van der Waals surface area (Å²) in [6.07, 6.45) is 0.180. The van der Waals surface area contributed by atoms with Gasteiger partial charge in [0.05, 0.1) is 11.7 Å². The van der Waals surface area contributed by atoms with E-state index >= 15 is 4.39 Å². The zero-order valence-electron chi connectivity index (χ0n) is 25.7. The number of hydrogen-bond acceptors (Lipinski definition) is 7. The third kappa shape index (κ3) is 8.75. The van der Waals surface area contributed by atoms with Gasteiger partial charge in [-0.3, -0.25) is 9.69 Å². The SMILES string of the molecule is CC(C)(C)OC(=O)CNc1c(OCc2ccccc2)cc2c(c1F)C[C@H](CN(CC1CC1)C(=O)OC(C)(C)C)N2C(=O)O. The molecule has 0 aromatic heterocycles. The van der Waals surface area contributed by atoms with Crippen molar-refractivity contribution in [2.24, 2.45) is 5.92 Å². The van der Waals surface area contributed by atoms with Crippen LogP contribution in [0.4, 0.5) is 25.4 Å². The van der Waals surface area contributed by atoms with Gasteiger partial charge in [-0.05, 0) is 65.9 Å². The van der Waals surface area contributed by atoms with E-state index in [2.05, 4.69) is 5.32 Å². The minimum Gasteiger partial charge on any atom is -0.487 e. The van der Waals surface area contributed by atoms with Crippen molar-refractivity contribution in [3.8, 4) is 5.75 Å². The lowest BCUT2D eigenvalue weighted by molar-refractivity contribution is -0.152. The first-order chi connectivity index (χ1) is 20.1. The topological polar surface area (TPSA) is 118 Å². The van der Waals surface area contributed by atoms with Gasteiger partial charge in [-0.2, -0.15) is 0 Å². The molecule has 2 aromatic carbocycles. The Morgan fingerprint density at radius 2 is 1.67 bits per heavy atom. The Morgan fingerprint density at radius 3 is 2.26 bits per heavy atom. The average Bonchev–Trinajstić information content (AvgIpc) is 3.63. The lowest BCUT2D eigenvalue weighted by atomic mass is 10.1. The molecule has 1 aliphatic carbocycles. The van der Waals surface area contributed by atoms with Crippen LogP contribution in [0.1, 0.15) is 65.5 Å². The lowest BCUT2D eigenvalue weighted by Crippen LogP contribution is -2.48. The number of benzene rings is 2. The number of rotatable bonds is 10. The smallest absolute Gasteiger partial charge is 0.412 e. The summed E-state index contributed by atoms with van der Waals surface area (Å²) in [5.41, 5.74) is -0.401. The van der Waals surface area contributed by atoms with E-state index in [0.29, 0.717) is 12.5 Å². The maximum Gasteiger partial charge on any atom is 0.412 e. The minimum absolute atomic E-state index is 0.0253. The lowest BCUT2D eigenvalue weighted by Gasteiger charge is -2.31. The van der Waals surface area contributed by atoms with Crippen LogP contribution in [0, 0.1) is 11.7 Å². The Morgan fingerprint density at radius 1 is 1.02 bits per heavy atom. The second kappa shape index (κ2) is 12.7. The maximum absolute atomic E-state index is 16.3. The summed E-state index contributed by atoms with van der Waals surface area (Å²) in [5, 5.41) is 13.1. The highest BCUT2D eigenvalue weighted by atomic mass is 19.1. The number of esters is 1. The largest absolute Gasteiger partial charge is 0.487 e. The second-order valence-corrected chi connectivity index (χ2v) is 13.1. The molecule has 1 heterocycles. The number of hydrogen-bond donors (Lipinski definition) is 2. The zero-order chi connectivity index (χ0) is 31.5. The molecule has 0 spiro atoms. The molecule has 0 radical (unpaired) electrons. The third-order valence-electron chi connectivity index (χ3n) is 6.90. The minimum atomic E-state index is -1.28. The Bertz CT molecular complexity index is 1330. The van der Waals surface area contributed by atoms with Crippen molar-refractivity contribution >= 4 is 29.5 Å². The molecule has 0 bridgehead atoms. The number of halogens is 1. The Kier molecular flexibility index (Phi) is 9.41. The number of nitrogens with zero attached hydrogens (tertiary/aromatic N) is 2. The number of nitrogens with one attached hydrogen (secondary N) is 1. The van der Waals surface area contributed by atoms with E-state index in [1.54, 1.807) is 41.5 Å². The number of ether oxygens (including phenoxy) is 3. The van der Waals surface area contributed by atoms with Crippen molar-refractivity contribution < 1.29 is 38.1 Å². The van der Waals surface area contributed by atoms with Gasteiger partial charge in [-0.1, -0.05) is 30.3 Å². The van der Waals surface area contributed by atoms with E-state index < -0.39 is 41.2 Å². The summed E-state index contributed by atoms with van der Waals surface area (Å²) in [6.45, 7) is 10.8. The van der Waals surface area contributed by atoms with Gasteiger partial charge < -0.3 is 29.5 Å². The number of carbonyl (C=O) groups excluding carboxylic acids is 2. The van der Waals surface area contributed by atoms with Crippen LogP contribution < -0.4 is 15.0 Å². The molecule has 43 heavy (non-hydrogen) atoms. The third-order valence-corrected chi connectivity index (χ3v) is 6.90. The highest BCUT2D eigenvalue weighted by molar-refractivity contribution is 5.92. The molecule has 234 valence electrons. The van der Waals surface area contributed by atoms with Gasteiger partial charge in [-0.25, -0.2) is 14.0 Å². The fraction of sp³-hybridized carbons (Fsp3) is 0.531. The molecule has 0 unspecified atom stereocenters. The zero-order valence-corrected chi connectivity index (χ0v) is 25.7. The van der Waals surface area contributed by atoms with Gasteiger partial charge in [0, 0.05) is 31.1 Å². The van der Waals surface area contributed by atoms with Crippen molar-refractivity contribution in [2.45, 2.75) is 84.7 Å². The van der Waals surface area contributed by atoms with Gasteiger partial charge in [0.15, 0.2) is 5.82 Å². The van der Waals surface area contributed by atoms with E-state index in [9.17, 15) is 19.5 Å². The standard InChI is InChI=1S/C32H42FN3O7/c1-31(2,3)42-26(37)16-34-28-25(41-19-21-10-8-7-9-11-21)15-24-23(27(28)33)14-22(36(24)29(38)39)18-35(17-20-12-13-20)30(40)43-32(4,5)6/h7-11,15,20,22,34H,12-14,16-19H2,1-6H3,(H,38,39)/t22-/m1/s1. The van der Waals surface area contributed by atoms with E-state index in [0.717, 1.165) is 23.3 Å². The molecule has 1 aliphatic heterocycles. The first-order valence-electron chi connectivity index (χ1n) is 14.6. The van der Waals surface area contributed by atoms with Crippen molar-refractivity contribution in [3.63, 3.8) is 0 Å². The van der Waals surface area contributed by atoms with Crippen molar-refractivity contribution in [1.82, 2.24) is 4.90 Å². The predicted octanol–water partition coefficient (Wildman–Crippen LogP) is 6.21. The molecule has 4 rings (SSSR count). The Balaban J connectivity index is 1.65. The normalized spacial score (nSPS) is 16.3. The highest BCUT2D eigenvalue weighted by Gasteiger charge is 2.41. The van der Waals surface area contributed by atoms with Crippen LogP contribution in [0.25, 0.3) is 0 Å². The predicted molar refractivity (Wildman–Crippen MR) is 160 cm³/mol.